The summed E-state index contributed by atoms with van der Waals surface area (Å²) in [7, 11) is 1.68. The van der Waals surface area contributed by atoms with Gasteiger partial charge in [0.15, 0.2) is 0 Å². The molecule has 0 aromatic rings. The van der Waals surface area contributed by atoms with Gasteiger partial charge in [-0.15, -0.1) is 0 Å². The van der Waals surface area contributed by atoms with Gasteiger partial charge in [-0.2, -0.15) is 0 Å². The van der Waals surface area contributed by atoms with E-state index in [0.29, 0.717) is 26.1 Å². The van der Waals surface area contributed by atoms with E-state index in [9.17, 15) is 9.59 Å². The second kappa shape index (κ2) is 12.8. The molecule has 3 rings (SSSR count). The van der Waals surface area contributed by atoms with Gasteiger partial charge in [0, 0.05) is 20.2 Å². The molecule has 10 heteroatoms. The van der Waals surface area contributed by atoms with E-state index in [1.807, 2.05) is 0 Å². The number of hydrogen-bond acceptors (Lipinski definition) is 8. The largest absolute Gasteiger partial charge is 0.443 e. The molecule has 0 aromatic carbocycles. The van der Waals surface area contributed by atoms with Crippen LogP contribution in [0.5, 0.6) is 0 Å². The van der Waals surface area contributed by atoms with E-state index in [2.05, 4.69) is 55.0 Å². The summed E-state index contributed by atoms with van der Waals surface area (Å²) in [5, 5.41) is 5.69. The van der Waals surface area contributed by atoms with Gasteiger partial charge in [0.2, 0.25) is 5.91 Å². The van der Waals surface area contributed by atoms with Crippen LogP contribution in [0.15, 0.2) is 11.6 Å². The van der Waals surface area contributed by atoms with Crippen molar-refractivity contribution in [2.24, 2.45) is 5.92 Å². The predicted octanol–water partition coefficient (Wildman–Crippen LogP) is 2.90. The maximum atomic E-state index is 12.5. The number of hydrogen-bond donors (Lipinski definition) is 4. The highest BCUT2D eigenvalue weighted by atomic mass is 32.1. The zero-order chi connectivity index (χ0) is 25.5. The first-order valence-electron chi connectivity index (χ1n) is 12.8. The Kier molecular flexibility index (Phi) is 10.3. The molecule has 6 atom stereocenters. The van der Waals surface area contributed by atoms with Crippen molar-refractivity contribution in [2.45, 2.75) is 95.2 Å². The van der Waals surface area contributed by atoms with E-state index in [-0.39, 0.29) is 47.9 Å². The molecule has 2 amide bonds. The van der Waals surface area contributed by atoms with Gasteiger partial charge < -0.3 is 29.6 Å². The zero-order valence-electron chi connectivity index (χ0n) is 21.6. The first kappa shape index (κ1) is 28.2. The minimum absolute atomic E-state index is 0.0196. The lowest BCUT2D eigenvalue weighted by atomic mass is 9.68. The fraction of sp³-hybridized carbons (Fsp3) is 0.840. The number of allylic oxidation sites excluding steroid dienone is 1. The summed E-state index contributed by atoms with van der Waals surface area (Å²) in [6.45, 7) is 8.45. The monoisotopic (exact) mass is 513 g/mol. The van der Waals surface area contributed by atoms with Crippen LogP contribution in [0.3, 0.4) is 0 Å². The molecule has 2 saturated heterocycles. The second-order valence-electron chi connectivity index (χ2n) is 10.3. The number of rotatable bonds is 14. The topological polar surface area (TPSA) is 114 Å². The normalized spacial score (nSPS) is 33.2. The Labute approximate surface area is 215 Å². The van der Waals surface area contributed by atoms with Crippen LogP contribution in [0.4, 0.5) is 4.79 Å². The van der Waals surface area contributed by atoms with Gasteiger partial charge in [0.05, 0.1) is 25.2 Å². The van der Waals surface area contributed by atoms with E-state index in [1.54, 1.807) is 7.11 Å². The lowest BCUT2D eigenvalue weighted by Crippen LogP contribution is -2.56. The van der Waals surface area contributed by atoms with Gasteiger partial charge >= 0.3 is 6.09 Å². The molecule has 2 aliphatic heterocycles. The van der Waals surface area contributed by atoms with Crippen LogP contribution in [0, 0.1) is 5.92 Å². The van der Waals surface area contributed by atoms with E-state index in [0.717, 1.165) is 38.5 Å². The Hall–Kier alpha value is -1.33. The van der Waals surface area contributed by atoms with Crippen LogP contribution in [0.2, 0.25) is 0 Å². The molecule has 3 aliphatic rings. The summed E-state index contributed by atoms with van der Waals surface area (Å²) in [6.07, 6.45) is 7.46. The maximum Gasteiger partial charge on any atom is 0.407 e. The van der Waals surface area contributed by atoms with Crippen molar-refractivity contribution < 1.29 is 28.5 Å². The number of ether oxygens (including phenoxy) is 4. The summed E-state index contributed by atoms with van der Waals surface area (Å²) in [5.41, 5.74) is 0.706. The van der Waals surface area contributed by atoms with Crippen molar-refractivity contribution >= 4 is 24.8 Å². The fourth-order valence-electron chi connectivity index (χ4n) is 5.41. The van der Waals surface area contributed by atoms with Gasteiger partial charge in [0.25, 0.3) is 0 Å². The molecular formula is C25H43N3O6S. The Morgan fingerprint density at radius 1 is 1.14 bits per heavy atom. The molecule has 3 fully saturated rings. The average molecular weight is 514 g/mol. The third-order valence-corrected chi connectivity index (χ3v) is 7.59. The summed E-state index contributed by atoms with van der Waals surface area (Å²) < 4.78 is 26.5. The van der Waals surface area contributed by atoms with E-state index >= 15 is 0 Å². The zero-order valence-corrected chi connectivity index (χ0v) is 22.5. The highest BCUT2D eigenvalue weighted by molar-refractivity contribution is 7.78. The fourth-order valence-corrected chi connectivity index (χ4v) is 5.55. The van der Waals surface area contributed by atoms with Crippen molar-refractivity contribution in [1.29, 1.82) is 0 Å². The maximum absolute atomic E-state index is 12.5. The van der Waals surface area contributed by atoms with Gasteiger partial charge in [-0.25, -0.2) is 4.79 Å². The number of epoxide rings is 2. The molecule has 1 aliphatic carbocycles. The van der Waals surface area contributed by atoms with Crippen LogP contribution in [-0.4, -0.2) is 74.9 Å². The number of alkyl carbamates (subject to hydrolysis) is 1. The van der Waals surface area contributed by atoms with Crippen molar-refractivity contribution in [3.8, 4) is 0 Å². The molecular weight excluding hydrogens is 470 g/mol. The minimum Gasteiger partial charge on any atom is -0.443 e. The molecule has 200 valence electrons. The van der Waals surface area contributed by atoms with E-state index in [4.69, 9.17) is 18.9 Å². The molecule has 5 unspecified atom stereocenters. The van der Waals surface area contributed by atoms with Gasteiger partial charge in [-0.05, 0) is 52.9 Å². The molecule has 3 N–H and O–H groups in total. The number of unbranched alkanes of at least 4 members (excludes halogenated alkanes) is 3. The van der Waals surface area contributed by atoms with Crippen molar-refractivity contribution in [3.63, 3.8) is 0 Å². The SMILES string of the molecule is COC1C(OC(=O)NCCCCCCNC(=O)CNS)CCC2(CO2)C1[C@]1(C)OC1CC=C(C)C. The molecule has 0 bridgehead atoms. The summed E-state index contributed by atoms with van der Waals surface area (Å²) in [5.74, 6) is -0.0419. The van der Waals surface area contributed by atoms with Crippen molar-refractivity contribution in [3.05, 3.63) is 11.6 Å². The second-order valence-corrected chi connectivity index (χ2v) is 10.7. The van der Waals surface area contributed by atoms with Gasteiger partial charge in [-0.3, -0.25) is 9.52 Å². The van der Waals surface area contributed by atoms with Crippen LogP contribution in [-0.2, 0) is 23.7 Å². The van der Waals surface area contributed by atoms with Crippen LogP contribution in [0.25, 0.3) is 0 Å². The van der Waals surface area contributed by atoms with E-state index in [1.165, 1.54) is 5.57 Å². The number of thiol groups is 1. The minimum atomic E-state index is -0.405. The quantitative estimate of drug-likeness (QED) is 0.122. The Morgan fingerprint density at radius 3 is 2.43 bits per heavy atom. The van der Waals surface area contributed by atoms with E-state index < -0.39 is 6.09 Å². The third-order valence-electron chi connectivity index (χ3n) is 7.43. The standard InChI is InChI=1S/C25H43N3O6S/c1-17(2)9-10-19-24(3,34-19)22-21(31-4)18(11-12-25(22)16-32-25)33-23(30)27-14-8-6-5-7-13-26-20(29)15-28-35/h9,18-19,21-22,28,35H,5-8,10-16H2,1-4H3,(H,26,29)(H,27,30)/t18?,19?,21?,22?,24-,25?/m1/s1. The molecule has 1 saturated carbocycles. The Morgan fingerprint density at radius 2 is 1.83 bits per heavy atom. The highest BCUT2D eigenvalue weighted by Crippen LogP contribution is 2.59. The van der Waals surface area contributed by atoms with Gasteiger partial charge in [-0.1, -0.05) is 37.3 Å². The summed E-state index contributed by atoms with van der Waals surface area (Å²) in [4.78, 5) is 23.9. The molecule has 1 spiro atoms. The van der Waals surface area contributed by atoms with Crippen molar-refractivity contribution in [1.82, 2.24) is 15.4 Å². The molecule has 9 nitrogen and oxygen atoms in total. The summed E-state index contributed by atoms with van der Waals surface area (Å²) in [6, 6.07) is 0. The molecule has 0 aromatic heterocycles. The highest BCUT2D eigenvalue weighted by Gasteiger charge is 2.72. The average Bonchev–Trinajstić information content (AvgIpc) is 3.72. The van der Waals surface area contributed by atoms with Crippen LogP contribution < -0.4 is 15.4 Å². The first-order valence-corrected chi connectivity index (χ1v) is 13.3. The lowest BCUT2D eigenvalue weighted by Gasteiger charge is -2.42. The Balaban J connectivity index is 1.40. The van der Waals surface area contributed by atoms with Crippen LogP contribution in [0.1, 0.15) is 65.7 Å². The smallest absolute Gasteiger partial charge is 0.407 e. The molecule has 35 heavy (non-hydrogen) atoms. The molecule has 0 radical (unpaired) electrons. The number of amides is 2. The first-order chi connectivity index (χ1) is 16.8. The lowest BCUT2D eigenvalue weighted by molar-refractivity contribution is -0.119. The number of carbonyl (C=O) groups is 2. The van der Waals surface area contributed by atoms with Crippen LogP contribution >= 0.6 is 12.8 Å². The van der Waals surface area contributed by atoms with Crippen molar-refractivity contribution in [2.75, 3.05) is 33.4 Å². The molecule has 2 heterocycles. The number of methoxy groups -OCH3 is 1. The predicted molar refractivity (Wildman–Crippen MR) is 136 cm³/mol. The summed E-state index contributed by atoms with van der Waals surface area (Å²) >= 11 is 3.80. The number of nitrogens with one attached hydrogen (secondary N) is 3. The number of carbonyl (C=O) groups excluding carboxylic acids is 2. The Bertz CT molecular complexity index is 757. The third kappa shape index (κ3) is 7.58. The van der Waals surface area contributed by atoms with Gasteiger partial charge in [0.1, 0.15) is 23.4 Å².